The van der Waals surface area contributed by atoms with Crippen LogP contribution in [0.2, 0.25) is 0 Å². The predicted octanol–water partition coefficient (Wildman–Crippen LogP) is 5.85. The third-order valence-electron chi connectivity index (χ3n) is 6.18. The van der Waals surface area contributed by atoms with Gasteiger partial charge in [-0.3, -0.25) is 4.98 Å². The molecule has 172 valence electrons. The van der Waals surface area contributed by atoms with Gasteiger partial charge in [0.1, 0.15) is 11.4 Å². The summed E-state index contributed by atoms with van der Waals surface area (Å²) in [5.41, 5.74) is 1.56. The Kier molecular flexibility index (Phi) is 6.21. The van der Waals surface area contributed by atoms with Crippen molar-refractivity contribution >= 4 is 6.09 Å². The van der Waals surface area contributed by atoms with Gasteiger partial charge in [0.05, 0.1) is 23.5 Å². The molecular weight excluding hydrogens is 419 g/mol. The van der Waals surface area contributed by atoms with Crippen molar-refractivity contribution < 1.29 is 19.0 Å². The number of carbonyl (C=O) groups is 1. The van der Waals surface area contributed by atoms with Crippen LogP contribution in [0.5, 0.6) is 0 Å². The van der Waals surface area contributed by atoms with Crippen molar-refractivity contribution in [2.75, 3.05) is 6.54 Å². The Labute approximate surface area is 193 Å². The van der Waals surface area contributed by atoms with Crippen LogP contribution in [0.3, 0.4) is 0 Å². The number of aromatic nitrogens is 1. The number of nitrogens with zero attached hydrogens (tertiary/aromatic N) is 2. The van der Waals surface area contributed by atoms with Gasteiger partial charge in [-0.1, -0.05) is 54.6 Å². The zero-order chi connectivity index (χ0) is 23.6. The van der Waals surface area contributed by atoms with Gasteiger partial charge in [-0.2, -0.15) is 0 Å². The average molecular weight is 449 g/mol. The zero-order valence-corrected chi connectivity index (χ0v) is 19.2. The molecule has 1 saturated heterocycles. The van der Waals surface area contributed by atoms with Crippen LogP contribution in [0.4, 0.5) is 9.18 Å². The molecule has 3 aromatic rings. The number of carbonyl (C=O) groups excluding carboxylic acids is 1. The molecule has 5 nitrogen and oxygen atoms in total. The molecule has 0 aliphatic carbocycles. The van der Waals surface area contributed by atoms with Crippen molar-refractivity contribution in [3.63, 3.8) is 0 Å². The second-order valence-electron chi connectivity index (χ2n) is 9.32. The van der Waals surface area contributed by atoms with E-state index >= 15 is 0 Å². The summed E-state index contributed by atoms with van der Waals surface area (Å²) in [5, 5.41) is 10.5. The Morgan fingerprint density at radius 2 is 1.82 bits per heavy atom. The molecule has 2 atom stereocenters. The number of rotatable bonds is 6. The van der Waals surface area contributed by atoms with Crippen LogP contribution >= 0.6 is 0 Å². The molecule has 0 saturated carbocycles. The number of benzene rings is 2. The highest BCUT2D eigenvalue weighted by Crippen LogP contribution is 2.42. The van der Waals surface area contributed by atoms with Gasteiger partial charge in [-0.15, -0.1) is 0 Å². The number of aliphatic hydroxyl groups is 1. The summed E-state index contributed by atoms with van der Waals surface area (Å²) >= 11 is 0. The maximum absolute atomic E-state index is 13.2. The lowest BCUT2D eigenvalue weighted by molar-refractivity contribution is -0.101. The Morgan fingerprint density at radius 1 is 1.12 bits per heavy atom. The van der Waals surface area contributed by atoms with E-state index in [0.29, 0.717) is 25.1 Å². The fourth-order valence-electron chi connectivity index (χ4n) is 4.55. The van der Waals surface area contributed by atoms with E-state index in [0.717, 1.165) is 16.7 Å². The van der Waals surface area contributed by atoms with Gasteiger partial charge in [0.2, 0.25) is 0 Å². The van der Waals surface area contributed by atoms with Gasteiger partial charge < -0.3 is 14.7 Å². The summed E-state index contributed by atoms with van der Waals surface area (Å²) in [6.07, 6.45) is 1.69. The lowest BCUT2D eigenvalue weighted by atomic mass is 9.80. The number of amides is 1. The molecule has 1 aliphatic rings. The van der Waals surface area contributed by atoms with Crippen LogP contribution in [0.1, 0.15) is 50.8 Å². The average Bonchev–Trinajstić information content (AvgIpc) is 2.79. The molecule has 1 N–H and O–H groups in total. The summed E-state index contributed by atoms with van der Waals surface area (Å²) in [6.45, 7) is 5.94. The number of halogens is 1. The molecule has 6 heteroatoms. The molecule has 0 radical (unpaired) electrons. The Balaban J connectivity index is 1.53. The largest absolute Gasteiger partial charge is 0.438 e. The number of ether oxygens (including phenoxy) is 1. The molecule has 1 fully saturated rings. The van der Waals surface area contributed by atoms with Gasteiger partial charge in [-0.05, 0) is 44.0 Å². The minimum atomic E-state index is -0.992. The van der Waals surface area contributed by atoms with Crippen LogP contribution in [0, 0.1) is 5.82 Å². The molecule has 1 aliphatic heterocycles. The van der Waals surface area contributed by atoms with Crippen molar-refractivity contribution in [2.24, 2.45) is 0 Å². The van der Waals surface area contributed by atoms with Crippen LogP contribution in [-0.4, -0.2) is 33.2 Å². The Bertz CT molecular complexity index is 1090. The third kappa shape index (κ3) is 5.06. The van der Waals surface area contributed by atoms with E-state index in [9.17, 15) is 14.3 Å². The highest BCUT2D eigenvalue weighted by atomic mass is 19.1. The molecule has 4 rings (SSSR count). The van der Waals surface area contributed by atoms with E-state index in [4.69, 9.17) is 4.74 Å². The standard InChI is InChI=1S/C27H29FN2O3/c1-19(20-9-11-21(12-10-20)24-14-13-23(28)17-29-24)30-16-15-27(33-25(30)31,18-26(2,3)32)22-7-5-4-6-8-22/h4-14,17,19,32H,15-16,18H2,1-3H3/t19-,27?/m0/s1. The summed E-state index contributed by atoms with van der Waals surface area (Å²) in [5.74, 6) is -0.372. The van der Waals surface area contributed by atoms with Crippen LogP contribution in [0.15, 0.2) is 72.9 Å². The second kappa shape index (κ2) is 8.94. The quantitative estimate of drug-likeness (QED) is 0.514. The topological polar surface area (TPSA) is 62.7 Å². The van der Waals surface area contributed by atoms with Crippen molar-refractivity contribution in [3.8, 4) is 11.3 Å². The Morgan fingerprint density at radius 3 is 2.39 bits per heavy atom. The first-order valence-electron chi connectivity index (χ1n) is 11.2. The molecule has 1 unspecified atom stereocenters. The predicted molar refractivity (Wildman–Crippen MR) is 125 cm³/mol. The Hall–Kier alpha value is -3.25. The van der Waals surface area contributed by atoms with Crippen LogP contribution in [0.25, 0.3) is 11.3 Å². The van der Waals surface area contributed by atoms with Crippen molar-refractivity contribution in [3.05, 3.63) is 89.9 Å². The number of pyridine rings is 1. The summed E-state index contributed by atoms with van der Waals surface area (Å²) < 4.78 is 19.2. The normalized spacial score (nSPS) is 19.8. The first-order valence-corrected chi connectivity index (χ1v) is 11.2. The van der Waals surface area contributed by atoms with Gasteiger partial charge in [0.15, 0.2) is 0 Å². The van der Waals surface area contributed by atoms with E-state index in [1.54, 1.807) is 24.8 Å². The van der Waals surface area contributed by atoms with E-state index in [2.05, 4.69) is 4.98 Å². The maximum atomic E-state index is 13.2. The highest BCUT2D eigenvalue weighted by Gasteiger charge is 2.46. The van der Waals surface area contributed by atoms with Crippen molar-refractivity contribution in [1.29, 1.82) is 0 Å². The van der Waals surface area contributed by atoms with Gasteiger partial charge in [0, 0.05) is 24.9 Å². The van der Waals surface area contributed by atoms with Gasteiger partial charge in [-0.25, -0.2) is 9.18 Å². The molecule has 0 bridgehead atoms. The van der Waals surface area contributed by atoms with Crippen molar-refractivity contribution in [1.82, 2.24) is 9.88 Å². The SMILES string of the molecule is C[C@@H](c1ccc(-c2ccc(F)cn2)cc1)N1CCC(CC(C)(C)O)(c2ccccc2)OC1=O. The first kappa shape index (κ1) is 22.9. The number of hydrogen-bond acceptors (Lipinski definition) is 4. The molecule has 0 spiro atoms. The molecule has 2 heterocycles. The summed E-state index contributed by atoms with van der Waals surface area (Å²) in [4.78, 5) is 19.0. The minimum absolute atomic E-state index is 0.191. The molecule has 33 heavy (non-hydrogen) atoms. The number of cyclic esters (lactones) is 1. The number of hydrogen-bond donors (Lipinski definition) is 1. The fourth-order valence-corrected chi connectivity index (χ4v) is 4.55. The molecular formula is C27H29FN2O3. The van der Waals surface area contributed by atoms with Gasteiger partial charge >= 0.3 is 6.09 Å². The maximum Gasteiger partial charge on any atom is 0.411 e. The zero-order valence-electron chi connectivity index (χ0n) is 19.2. The first-order chi connectivity index (χ1) is 15.7. The fraction of sp³-hybridized carbons (Fsp3) is 0.333. The van der Waals surface area contributed by atoms with Crippen molar-refractivity contribution in [2.45, 2.75) is 50.9 Å². The molecule has 1 amide bonds. The highest BCUT2D eigenvalue weighted by molar-refractivity contribution is 5.70. The van der Waals surface area contributed by atoms with E-state index in [1.165, 1.54) is 12.3 Å². The molecule has 1 aromatic heterocycles. The lowest BCUT2D eigenvalue weighted by Gasteiger charge is -2.45. The second-order valence-corrected chi connectivity index (χ2v) is 9.32. The smallest absolute Gasteiger partial charge is 0.411 e. The van der Waals surface area contributed by atoms with Crippen LogP contribution in [-0.2, 0) is 10.3 Å². The minimum Gasteiger partial charge on any atom is -0.438 e. The summed E-state index contributed by atoms with van der Waals surface area (Å²) in [6, 6.07) is 20.2. The monoisotopic (exact) mass is 448 g/mol. The van der Waals surface area contributed by atoms with Gasteiger partial charge in [0.25, 0.3) is 0 Å². The molecule has 2 aromatic carbocycles. The summed E-state index contributed by atoms with van der Waals surface area (Å²) in [7, 11) is 0. The third-order valence-corrected chi connectivity index (χ3v) is 6.18. The van der Waals surface area contributed by atoms with E-state index in [-0.39, 0.29) is 11.9 Å². The van der Waals surface area contributed by atoms with E-state index in [1.807, 2.05) is 61.5 Å². The van der Waals surface area contributed by atoms with Crippen LogP contribution < -0.4 is 0 Å². The van der Waals surface area contributed by atoms with E-state index < -0.39 is 17.3 Å². The lowest BCUT2D eigenvalue weighted by Crippen LogP contribution is -2.51.